The predicted molar refractivity (Wildman–Crippen MR) is 85.4 cm³/mol. The van der Waals surface area contributed by atoms with Crippen molar-refractivity contribution < 1.29 is 4.74 Å². The molecule has 3 aromatic rings. The van der Waals surface area contributed by atoms with E-state index in [0.29, 0.717) is 21.4 Å². The summed E-state index contributed by atoms with van der Waals surface area (Å²) >= 11 is 12.2. The van der Waals surface area contributed by atoms with Gasteiger partial charge in [0.05, 0.1) is 5.52 Å². The molecule has 0 aliphatic heterocycles. The van der Waals surface area contributed by atoms with Crippen LogP contribution in [-0.4, -0.2) is 4.98 Å². The monoisotopic (exact) mass is 319 g/mol. The van der Waals surface area contributed by atoms with E-state index in [1.54, 1.807) is 18.2 Å². The number of halogens is 2. The van der Waals surface area contributed by atoms with E-state index in [0.717, 1.165) is 10.9 Å². The van der Waals surface area contributed by atoms with Crippen molar-refractivity contribution in [2.75, 3.05) is 0 Å². The second-order valence-corrected chi connectivity index (χ2v) is 5.35. The first-order valence-corrected chi connectivity index (χ1v) is 7.08. The standard InChI is InChI=1S/C16H11Cl2NO2/c17-12-5-3-6-13(18)11(12)9-21-15-8-16(20)19-14-7-2-1-4-10(14)15/h1-8H,9H2,(H,19,20). The van der Waals surface area contributed by atoms with E-state index < -0.39 is 0 Å². The van der Waals surface area contributed by atoms with Gasteiger partial charge in [-0.25, -0.2) is 0 Å². The van der Waals surface area contributed by atoms with Crippen LogP contribution in [0.2, 0.25) is 10.0 Å². The molecule has 1 N–H and O–H groups in total. The van der Waals surface area contributed by atoms with Crippen molar-refractivity contribution >= 4 is 34.1 Å². The Morgan fingerprint density at radius 3 is 2.48 bits per heavy atom. The van der Waals surface area contributed by atoms with Gasteiger partial charge in [-0.3, -0.25) is 4.79 Å². The third kappa shape index (κ3) is 2.89. The zero-order valence-electron chi connectivity index (χ0n) is 10.9. The minimum atomic E-state index is -0.214. The number of benzene rings is 2. The SMILES string of the molecule is O=c1cc(OCc2c(Cl)cccc2Cl)c2ccccc2[nH]1. The summed E-state index contributed by atoms with van der Waals surface area (Å²) in [6, 6.07) is 14.2. The third-order valence-corrected chi connectivity index (χ3v) is 3.85. The number of H-pyrrole nitrogens is 1. The van der Waals surface area contributed by atoms with Crippen molar-refractivity contribution in [1.82, 2.24) is 4.98 Å². The molecule has 21 heavy (non-hydrogen) atoms. The fourth-order valence-corrected chi connectivity index (χ4v) is 2.62. The summed E-state index contributed by atoms with van der Waals surface area (Å²) in [7, 11) is 0. The van der Waals surface area contributed by atoms with Crippen molar-refractivity contribution in [3.8, 4) is 5.75 Å². The highest BCUT2D eigenvalue weighted by Crippen LogP contribution is 2.27. The molecule has 3 rings (SSSR count). The van der Waals surface area contributed by atoms with Crippen LogP contribution in [0.3, 0.4) is 0 Å². The molecule has 0 fully saturated rings. The maximum Gasteiger partial charge on any atom is 0.252 e. The van der Waals surface area contributed by atoms with Gasteiger partial charge in [0.2, 0.25) is 0 Å². The van der Waals surface area contributed by atoms with Crippen molar-refractivity contribution in [1.29, 1.82) is 0 Å². The molecule has 0 saturated heterocycles. The number of hydrogen-bond donors (Lipinski definition) is 1. The average Bonchev–Trinajstić information content (AvgIpc) is 2.46. The van der Waals surface area contributed by atoms with Gasteiger partial charge < -0.3 is 9.72 Å². The summed E-state index contributed by atoms with van der Waals surface area (Å²) in [5.74, 6) is 0.505. The van der Waals surface area contributed by atoms with Crippen LogP contribution in [0.25, 0.3) is 10.9 Å². The molecule has 0 unspecified atom stereocenters. The van der Waals surface area contributed by atoms with Gasteiger partial charge in [-0.1, -0.05) is 41.4 Å². The number of pyridine rings is 1. The molecule has 0 bridgehead atoms. The van der Waals surface area contributed by atoms with Gasteiger partial charge in [0, 0.05) is 27.1 Å². The molecule has 1 aromatic heterocycles. The van der Waals surface area contributed by atoms with E-state index in [1.165, 1.54) is 6.07 Å². The van der Waals surface area contributed by atoms with E-state index in [9.17, 15) is 4.79 Å². The third-order valence-electron chi connectivity index (χ3n) is 3.15. The Morgan fingerprint density at radius 1 is 1.00 bits per heavy atom. The highest BCUT2D eigenvalue weighted by Gasteiger charge is 2.09. The Morgan fingerprint density at radius 2 is 1.71 bits per heavy atom. The first kappa shape index (κ1) is 14.0. The topological polar surface area (TPSA) is 42.1 Å². The minimum absolute atomic E-state index is 0.200. The normalized spacial score (nSPS) is 10.8. The number of aromatic nitrogens is 1. The number of para-hydroxylation sites is 1. The Labute approximate surface area is 131 Å². The van der Waals surface area contributed by atoms with Crippen LogP contribution in [-0.2, 0) is 6.61 Å². The molecule has 1 heterocycles. The quantitative estimate of drug-likeness (QED) is 0.776. The van der Waals surface area contributed by atoms with E-state index in [4.69, 9.17) is 27.9 Å². The Hall–Kier alpha value is -1.97. The average molecular weight is 320 g/mol. The second kappa shape index (κ2) is 5.80. The van der Waals surface area contributed by atoms with Gasteiger partial charge in [0.25, 0.3) is 5.56 Å². The molecule has 0 spiro atoms. The smallest absolute Gasteiger partial charge is 0.252 e. The summed E-state index contributed by atoms with van der Waals surface area (Å²) in [5, 5.41) is 1.91. The van der Waals surface area contributed by atoms with E-state index in [2.05, 4.69) is 4.98 Å². The molecule has 0 amide bonds. The summed E-state index contributed by atoms with van der Waals surface area (Å²) in [6.45, 7) is 0.200. The Kier molecular flexibility index (Phi) is 3.86. The number of nitrogens with one attached hydrogen (secondary N) is 1. The van der Waals surface area contributed by atoms with E-state index in [-0.39, 0.29) is 12.2 Å². The molecule has 0 radical (unpaired) electrons. The number of ether oxygens (including phenoxy) is 1. The summed E-state index contributed by atoms with van der Waals surface area (Å²) in [6.07, 6.45) is 0. The van der Waals surface area contributed by atoms with Crippen LogP contribution in [0.5, 0.6) is 5.75 Å². The van der Waals surface area contributed by atoms with Crippen molar-refractivity contribution in [3.05, 3.63) is 74.5 Å². The second-order valence-electron chi connectivity index (χ2n) is 4.53. The summed E-state index contributed by atoms with van der Waals surface area (Å²) < 4.78 is 5.76. The Bertz CT molecular complexity index is 838. The highest BCUT2D eigenvalue weighted by molar-refractivity contribution is 6.35. The van der Waals surface area contributed by atoms with Crippen LogP contribution in [0.4, 0.5) is 0 Å². The van der Waals surface area contributed by atoms with Gasteiger partial charge in [-0.05, 0) is 24.3 Å². The first-order chi connectivity index (χ1) is 10.1. The summed E-state index contributed by atoms with van der Waals surface area (Å²) in [4.78, 5) is 14.4. The lowest BCUT2D eigenvalue weighted by Crippen LogP contribution is -2.06. The lowest BCUT2D eigenvalue weighted by Gasteiger charge is -2.11. The van der Waals surface area contributed by atoms with Crippen molar-refractivity contribution in [2.24, 2.45) is 0 Å². The van der Waals surface area contributed by atoms with Crippen LogP contribution >= 0.6 is 23.2 Å². The minimum Gasteiger partial charge on any atom is -0.488 e. The number of aromatic amines is 1. The molecule has 0 aliphatic carbocycles. The maximum atomic E-state index is 11.7. The van der Waals surface area contributed by atoms with Crippen LogP contribution in [0.1, 0.15) is 5.56 Å². The van der Waals surface area contributed by atoms with E-state index >= 15 is 0 Å². The van der Waals surface area contributed by atoms with Gasteiger partial charge in [-0.15, -0.1) is 0 Å². The molecule has 0 aliphatic rings. The number of fused-ring (bicyclic) bond motifs is 1. The molecular weight excluding hydrogens is 309 g/mol. The fourth-order valence-electron chi connectivity index (χ4n) is 2.11. The molecule has 106 valence electrons. The van der Waals surface area contributed by atoms with Gasteiger partial charge in [0.1, 0.15) is 12.4 Å². The van der Waals surface area contributed by atoms with Crippen molar-refractivity contribution in [3.63, 3.8) is 0 Å². The van der Waals surface area contributed by atoms with Crippen LogP contribution < -0.4 is 10.3 Å². The number of rotatable bonds is 3. The molecule has 0 atom stereocenters. The zero-order chi connectivity index (χ0) is 14.8. The van der Waals surface area contributed by atoms with Gasteiger partial charge >= 0.3 is 0 Å². The summed E-state index contributed by atoms with van der Waals surface area (Å²) in [5.41, 5.74) is 1.21. The first-order valence-electron chi connectivity index (χ1n) is 6.33. The van der Waals surface area contributed by atoms with Crippen LogP contribution in [0, 0.1) is 0 Å². The zero-order valence-corrected chi connectivity index (χ0v) is 12.4. The predicted octanol–water partition coefficient (Wildman–Crippen LogP) is 4.41. The fraction of sp³-hybridized carbons (Fsp3) is 0.0625. The highest BCUT2D eigenvalue weighted by atomic mass is 35.5. The largest absolute Gasteiger partial charge is 0.488 e. The molecule has 3 nitrogen and oxygen atoms in total. The molecular formula is C16H11Cl2NO2. The lowest BCUT2D eigenvalue weighted by molar-refractivity contribution is 0.309. The number of hydrogen-bond acceptors (Lipinski definition) is 2. The molecule has 2 aromatic carbocycles. The van der Waals surface area contributed by atoms with Gasteiger partial charge in [0.15, 0.2) is 0 Å². The van der Waals surface area contributed by atoms with E-state index in [1.807, 2.05) is 24.3 Å². The maximum absolute atomic E-state index is 11.7. The van der Waals surface area contributed by atoms with Gasteiger partial charge in [-0.2, -0.15) is 0 Å². The van der Waals surface area contributed by atoms with Crippen LogP contribution in [0.15, 0.2) is 53.3 Å². The lowest BCUT2D eigenvalue weighted by atomic mass is 10.2. The Balaban J connectivity index is 1.97. The molecule has 0 saturated carbocycles. The van der Waals surface area contributed by atoms with Crippen molar-refractivity contribution in [2.45, 2.75) is 6.61 Å². The molecule has 5 heteroatoms.